The third-order valence-corrected chi connectivity index (χ3v) is 5.34. The second-order valence-corrected chi connectivity index (χ2v) is 8.67. The molecule has 0 aliphatic carbocycles. The molecule has 7 nitrogen and oxygen atoms in total. The summed E-state index contributed by atoms with van der Waals surface area (Å²) < 4.78 is 33.1. The number of rotatable bonds is 6. The number of nitrogens with two attached hydrogens (primary N) is 1. The van der Waals surface area contributed by atoms with Crippen molar-refractivity contribution in [2.24, 2.45) is 10.7 Å². The molecule has 0 spiro atoms. The van der Waals surface area contributed by atoms with Crippen LogP contribution in [0.25, 0.3) is 0 Å². The minimum Gasteiger partial charge on any atom is -0.497 e. The molecule has 4 N–H and O–H groups in total. The molecule has 0 atom stereocenters. The van der Waals surface area contributed by atoms with E-state index < -0.39 is 15.6 Å². The highest BCUT2D eigenvalue weighted by atomic mass is 127. The van der Waals surface area contributed by atoms with Crippen LogP contribution in [0.2, 0.25) is 0 Å². The first-order chi connectivity index (χ1) is 12.6. The van der Waals surface area contributed by atoms with Crippen LogP contribution in [-0.4, -0.2) is 27.0 Å². The van der Waals surface area contributed by atoms with Gasteiger partial charge in [-0.25, -0.2) is 18.1 Å². The molecule has 2 rings (SSSR count). The van der Waals surface area contributed by atoms with Gasteiger partial charge in [-0.2, -0.15) is 0 Å². The smallest absolute Gasteiger partial charge is 0.241 e. The first kappa shape index (κ1) is 24.2. The Morgan fingerprint density at radius 1 is 1.11 bits per heavy atom. The number of methoxy groups -OCH3 is 1. The summed E-state index contributed by atoms with van der Waals surface area (Å²) in [5.74, 6) is 0.928. The van der Waals surface area contributed by atoms with Gasteiger partial charge in [-0.1, -0.05) is 18.2 Å². The van der Waals surface area contributed by atoms with Gasteiger partial charge in [0.05, 0.1) is 18.6 Å². The Bertz CT molecular complexity index is 908. The first-order valence-corrected chi connectivity index (χ1v) is 9.92. The lowest BCUT2D eigenvalue weighted by Gasteiger charge is -2.21. The molecule has 28 heavy (non-hydrogen) atoms. The molecule has 9 heteroatoms. The zero-order chi connectivity index (χ0) is 20.1. The standard InChI is InChI=1S/C19H26N4O3S.HI/c1-19(2,3)23-27(24,25)17-8-6-5-7-14(17)13-21-18(20)22-15-9-11-16(26-4)12-10-15;/h5-12,23H,13H2,1-4H3,(H3,20,21,22);1H. The number of aliphatic imine (C=N–C) groups is 1. The van der Waals surface area contributed by atoms with Crippen molar-refractivity contribution in [3.63, 3.8) is 0 Å². The highest BCUT2D eigenvalue weighted by Gasteiger charge is 2.24. The molecule has 0 amide bonds. The van der Waals surface area contributed by atoms with E-state index in [-0.39, 0.29) is 41.4 Å². The maximum atomic E-state index is 12.6. The third-order valence-electron chi connectivity index (χ3n) is 3.48. The summed E-state index contributed by atoms with van der Waals surface area (Å²) in [6.45, 7) is 5.52. The molecule has 2 aromatic carbocycles. The SMILES string of the molecule is COc1ccc(NC(N)=NCc2ccccc2S(=O)(=O)NC(C)(C)C)cc1.I. The monoisotopic (exact) mass is 518 g/mol. The minimum absolute atomic E-state index is 0. The lowest BCUT2D eigenvalue weighted by Crippen LogP contribution is -2.40. The Kier molecular flexibility index (Phi) is 8.71. The quantitative estimate of drug-likeness (QED) is 0.309. The number of anilines is 1. The number of nitrogens with zero attached hydrogens (tertiary/aromatic N) is 1. The van der Waals surface area contributed by atoms with Crippen LogP contribution < -0.4 is 20.5 Å². The number of benzene rings is 2. The Morgan fingerprint density at radius 3 is 2.29 bits per heavy atom. The van der Waals surface area contributed by atoms with Gasteiger partial charge in [0, 0.05) is 11.2 Å². The highest BCUT2D eigenvalue weighted by molar-refractivity contribution is 14.0. The molecular formula is C19H27IN4O3S. The summed E-state index contributed by atoms with van der Waals surface area (Å²) >= 11 is 0. The molecule has 0 fully saturated rings. The molecule has 154 valence electrons. The van der Waals surface area contributed by atoms with Crippen molar-refractivity contribution < 1.29 is 13.2 Å². The van der Waals surface area contributed by atoms with Crippen LogP contribution in [0.5, 0.6) is 5.75 Å². The van der Waals surface area contributed by atoms with Crippen molar-refractivity contribution in [2.45, 2.75) is 37.8 Å². The maximum absolute atomic E-state index is 12.6. The normalized spacial score (nSPS) is 12.2. The lowest BCUT2D eigenvalue weighted by atomic mass is 10.1. The van der Waals surface area contributed by atoms with Gasteiger partial charge in [0.15, 0.2) is 5.96 Å². The molecule has 0 radical (unpaired) electrons. The molecule has 0 bridgehead atoms. The van der Waals surface area contributed by atoms with Crippen molar-refractivity contribution in [3.05, 3.63) is 54.1 Å². The van der Waals surface area contributed by atoms with Crippen LogP contribution in [0.15, 0.2) is 58.4 Å². The summed E-state index contributed by atoms with van der Waals surface area (Å²) in [4.78, 5) is 4.46. The number of hydrogen-bond acceptors (Lipinski definition) is 4. The van der Waals surface area contributed by atoms with E-state index in [9.17, 15) is 8.42 Å². The lowest BCUT2D eigenvalue weighted by molar-refractivity contribution is 0.415. The van der Waals surface area contributed by atoms with Crippen LogP contribution in [-0.2, 0) is 16.6 Å². The van der Waals surface area contributed by atoms with E-state index in [2.05, 4.69) is 15.0 Å². The average molecular weight is 518 g/mol. The van der Waals surface area contributed by atoms with Gasteiger partial charge >= 0.3 is 0 Å². The van der Waals surface area contributed by atoms with E-state index in [1.54, 1.807) is 64.3 Å². The molecule has 0 unspecified atom stereocenters. The van der Waals surface area contributed by atoms with E-state index in [1.165, 1.54) is 0 Å². The molecule has 0 heterocycles. The van der Waals surface area contributed by atoms with Crippen molar-refractivity contribution >= 4 is 45.6 Å². The third kappa shape index (κ3) is 7.28. The van der Waals surface area contributed by atoms with Crippen molar-refractivity contribution in [1.82, 2.24) is 4.72 Å². The van der Waals surface area contributed by atoms with Gasteiger partial charge in [0.1, 0.15) is 5.75 Å². The van der Waals surface area contributed by atoms with Crippen LogP contribution in [0, 0.1) is 0 Å². The van der Waals surface area contributed by atoms with E-state index in [1.807, 2.05) is 12.1 Å². The second kappa shape index (κ2) is 10.1. The maximum Gasteiger partial charge on any atom is 0.241 e. The summed E-state index contributed by atoms with van der Waals surface area (Å²) in [6, 6.07) is 14.0. The molecule has 0 aliphatic rings. The highest BCUT2D eigenvalue weighted by Crippen LogP contribution is 2.19. The Hall–Kier alpha value is -1.85. The number of nitrogens with one attached hydrogen (secondary N) is 2. The number of halogens is 1. The molecule has 0 saturated carbocycles. The van der Waals surface area contributed by atoms with Gasteiger partial charge in [-0.15, -0.1) is 24.0 Å². The fourth-order valence-electron chi connectivity index (χ4n) is 2.39. The summed E-state index contributed by atoms with van der Waals surface area (Å²) in [6.07, 6.45) is 0. The van der Waals surface area contributed by atoms with E-state index >= 15 is 0 Å². The number of ether oxygens (including phenoxy) is 1. The molecule has 2 aromatic rings. The van der Waals surface area contributed by atoms with Gasteiger partial charge in [0.2, 0.25) is 10.0 Å². The Balaban J connectivity index is 0.00000392. The largest absolute Gasteiger partial charge is 0.497 e. The summed E-state index contributed by atoms with van der Waals surface area (Å²) in [5.41, 5.74) is 6.67. The van der Waals surface area contributed by atoms with Gasteiger partial charge < -0.3 is 15.8 Å². The molecular weight excluding hydrogens is 491 g/mol. The predicted molar refractivity (Wildman–Crippen MR) is 124 cm³/mol. The Morgan fingerprint density at radius 2 is 1.71 bits per heavy atom. The zero-order valence-corrected chi connectivity index (χ0v) is 19.5. The number of guanidine groups is 1. The molecule has 0 saturated heterocycles. The van der Waals surface area contributed by atoms with Gasteiger partial charge in [0.25, 0.3) is 0 Å². The van der Waals surface area contributed by atoms with Crippen LogP contribution in [0.3, 0.4) is 0 Å². The van der Waals surface area contributed by atoms with Crippen LogP contribution >= 0.6 is 24.0 Å². The summed E-state index contributed by atoms with van der Waals surface area (Å²) in [5, 5.41) is 2.97. The molecule has 0 aliphatic heterocycles. The van der Waals surface area contributed by atoms with Crippen molar-refractivity contribution in [1.29, 1.82) is 0 Å². The predicted octanol–water partition coefficient (Wildman–Crippen LogP) is 3.32. The average Bonchev–Trinajstić information content (AvgIpc) is 2.59. The van der Waals surface area contributed by atoms with E-state index in [0.717, 1.165) is 11.4 Å². The fourth-order valence-corrected chi connectivity index (χ4v) is 4.04. The first-order valence-electron chi connectivity index (χ1n) is 8.43. The van der Waals surface area contributed by atoms with Crippen molar-refractivity contribution in [2.75, 3.05) is 12.4 Å². The van der Waals surface area contributed by atoms with E-state index in [0.29, 0.717) is 5.56 Å². The fraction of sp³-hybridized carbons (Fsp3) is 0.316. The van der Waals surface area contributed by atoms with Crippen molar-refractivity contribution in [3.8, 4) is 5.75 Å². The number of sulfonamides is 1. The topological polar surface area (TPSA) is 106 Å². The molecule has 0 aromatic heterocycles. The van der Waals surface area contributed by atoms with Crippen LogP contribution in [0.1, 0.15) is 26.3 Å². The van der Waals surface area contributed by atoms with E-state index in [4.69, 9.17) is 10.5 Å². The zero-order valence-electron chi connectivity index (χ0n) is 16.4. The Labute approximate surface area is 183 Å². The van der Waals surface area contributed by atoms with Gasteiger partial charge in [-0.3, -0.25) is 0 Å². The number of hydrogen-bond donors (Lipinski definition) is 3. The van der Waals surface area contributed by atoms with Gasteiger partial charge in [-0.05, 0) is 56.7 Å². The second-order valence-electron chi connectivity index (χ2n) is 7.02. The summed E-state index contributed by atoms with van der Waals surface area (Å²) in [7, 11) is -2.06. The minimum atomic E-state index is -3.66. The van der Waals surface area contributed by atoms with Crippen LogP contribution in [0.4, 0.5) is 5.69 Å².